The van der Waals surface area contributed by atoms with Crippen LogP contribution in [-0.2, 0) is 0 Å². The van der Waals surface area contributed by atoms with Crippen molar-refractivity contribution in [2.75, 3.05) is 0 Å². The summed E-state index contributed by atoms with van der Waals surface area (Å²) >= 11 is 0. The summed E-state index contributed by atoms with van der Waals surface area (Å²) in [5.74, 6) is 0.682. The average molecular weight is 572 g/mol. The van der Waals surface area contributed by atoms with Crippen molar-refractivity contribution in [1.82, 2.24) is 14.5 Å². The van der Waals surface area contributed by atoms with Gasteiger partial charge in [-0.05, 0) is 62.3 Å². The van der Waals surface area contributed by atoms with Crippen LogP contribution in [0.2, 0.25) is 0 Å². The van der Waals surface area contributed by atoms with Gasteiger partial charge in [0, 0.05) is 27.1 Å². The summed E-state index contributed by atoms with van der Waals surface area (Å²) < 4.78 is 2.28. The summed E-state index contributed by atoms with van der Waals surface area (Å²) in [5.41, 5.74) is 7.62. The summed E-state index contributed by atoms with van der Waals surface area (Å²) in [5, 5.41) is 11.1. The molecule has 8 aromatic carbocycles. The van der Waals surface area contributed by atoms with Crippen molar-refractivity contribution in [3.05, 3.63) is 152 Å². The SMILES string of the molecule is c1ccc(-c2ccc3cc4c5c(c3c2)c2ccccc2c2cccc(c25)n4-c2nc(-c3ccccc3)c3ccccc3n2)cc1. The zero-order chi connectivity index (χ0) is 29.5. The maximum atomic E-state index is 5.33. The van der Waals surface area contributed by atoms with E-state index >= 15 is 0 Å². The highest BCUT2D eigenvalue weighted by Gasteiger charge is 2.23. The van der Waals surface area contributed by atoms with Crippen molar-refractivity contribution < 1.29 is 0 Å². The van der Waals surface area contributed by atoms with E-state index in [9.17, 15) is 0 Å². The molecule has 0 saturated carbocycles. The van der Waals surface area contributed by atoms with Gasteiger partial charge in [-0.15, -0.1) is 0 Å². The minimum absolute atomic E-state index is 0.682. The third kappa shape index (κ3) is 3.46. The topological polar surface area (TPSA) is 30.7 Å². The lowest BCUT2D eigenvalue weighted by Crippen LogP contribution is -2.03. The van der Waals surface area contributed by atoms with Gasteiger partial charge in [-0.2, -0.15) is 0 Å². The van der Waals surface area contributed by atoms with Crippen molar-refractivity contribution in [3.63, 3.8) is 0 Å². The van der Waals surface area contributed by atoms with Crippen LogP contribution in [0.3, 0.4) is 0 Å². The van der Waals surface area contributed by atoms with E-state index in [2.05, 4.69) is 150 Å². The number of rotatable bonds is 3. The van der Waals surface area contributed by atoms with Gasteiger partial charge in [0.05, 0.1) is 22.2 Å². The molecule has 0 fully saturated rings. The van der Waals surface area contributed by atoms with Crippen molar-refractivity contribution in [1.29, 1.82) is 0 Å². The van der Waals surface area contributed by atoms with Gasteiger partial charge in [0.15, 0.2) is 0 Å². The quantitative estimate of drug-likeness (QED) is 0.198. The maximum absolute atomic E-state index is 5.33. The molecule has 3 nitrogen and oxygen atoms in total. The number of benzene rings is 8. The molecule has 2 aromatic heterocycles. The molecule has 10 rings (SSSR count). The van der Waals surface area contributed by atoms with Crippen molar-refractivity contribution in [2.45, 2.75) is 0 Å². The summed E-state index contributed by atoms with van der Waals surface area (Å²) in [4.78, 5) is 10.5. The van der Waals surface area contributed by atoms with Crippen LogP contribution in [0.4, 0.5) is 0 Å². The van der Waals surface area contributed by atoms with Gasteiger partial charge in [-0.1, -0.05) is 127 Å². The molecule has 0 aliphatic heterocycles. The summed E-state index contributed by atoms with van der Waals surface area (Å²) in [6.45, 7) is 0. The van der Waals surface area contributed by atoms with Gasteiger partial charge < -0.3 is 0 Å². The van der Waals surface area contributed by atoms with E-state index in [4.69, 9.17) is 9.97 Å². The predicted octanol–water partition coefficient (Wildman–Crippen LogP) is 11.0. The van der Waals surface area contributed by atoms with Crippen LogP contribution in [0.25, 0.3) is 93.4 Å². The molecule has 10 aromatic rings. The standard InChI is InChI=1S/C42H25N3/c1-3-12-26(13-4-1)28-22-23-29-25-37-40-38(34(29)24-28)31-17-8-7-16-30(31)32-19-11-21-36(39(32)40)45(37)42-43-35-20-10-9-18-33(35)41(44-42)27-14-5-2-6-15-27/h1-25H. The second-order valence-corrected chi connectivity index (χ2v) is 11.8. The first-order chi connectivity index (χ1) is 22.3. The number of para-hydroxylation sites is 1. The molecule has 0 spiro atoms. The normalized spacial score (nSPS) is 12.0. The minimum Gasteiger partial charge on any atom is -0.278 e. The van der Waals surface area contributed by atoms with Crippen molar-refractivity contribution in [2.24, 2.45) is 0 Å². The molecule has 2 heterocycles. The summed E-state index contributed by atoms with van der Waals surface area (Å²) in [6.07, 6.45) is 0. The van der Waals surface area contributed by atoms with Gasteiger partial charge in [-0.3, -0.25) is 4.57 Å². The van der Waals surface area contributed by atoms with E-state index < -0.39 is 0 Å². The van der Waals surface area contributed by atoms with E-state index in [1.165, 1.54) is 54.2 Å². The van der Waals surface area contributed by atoms with Gasteiger partial charge in [0.25, 0.3) is 0 Å². The highest BCUT2D eigenvalue weighted by molar-refractivity contribution is 6.39. The Morgan fingerprint density at radius 2 is 1.04 bits per heavy atom. The fourth-order valence-corrected chi connectivity index (χ4v) is 7.38. The molecular formula is C42H25N3. The number of nitrogens with zero attached hydrogens (tertiary/aromatic N) is 3. The lowest BCUT2D eigenvalue weighted by molar-refractivity contribution is 1.01. The molecule has 0 radical (unpaired) electrons. The van der Waals surface area contributed by atoms with Gasteiger partial charge in [0.1, 0.15) is 0 Å². The number of fused-ring (bicyclic) bond motifs is 6. The smallest absolute Gasteiger partial charge is 0.235 e. The van der Waals surface area contributed by atoms with E-state index in [0.29, 0.717) is 5.95 Å². The molecule has 0 atom stereocenters. The Morgan fingerprint density at radius 3 is 1.87 bits per heavy atom. The number of hydrogen-bond acceptors (Lipinski definition) is 2. The van der Waals surface area contributed by atoms with Crippen molar-refractivity contribution in [3.8, 4) is 28.3 Å². The Morgan fingerprint density at radius 1 is 0.378 bits per heavy atom. The molecule has 208 valence electrons. The average Bonchev–Trinajstić information content (AvgIpc) is 3.45. The van der Waals surface area contributed by atoms with Gasteiger partial charge >= 0.3 is 0 Å². The van der Waals surface area contributed by atoms with Crippen LogP contribution in [0.1, 0.15) is 0 Å². The Balaban J connectivity index is 1.40. The summed E-state index contributed by atoms with van der Waals surface area (Å²) in [6, 6.07) is 54.1. The number of aromatic nitrogens is 3. The molecule has 3 heteroatoms. The first kappa shape index (κ1) is 24.4. The number of hydrogen-bond donors (Lipinski definition) is 0. The van der Waals surface area contributed by atoms with Gasteiger partial charge in [-0.25, -0.2) is 9.97 Å². The van der Waals surface area contributed by atoms with Crippen LogP contribution in [0.15, 0.2) is 152 Å². The maximum Gasteiger partial charge on any atom is 0.235 e. The lowest BCUT2D eigenvalue weighted by Gasteiger charge is -2.13. The predicted molar refractivity (Wildman–Crippen MR) is 188 cm³/mol. The second-order valence-electron chi connectivity index (χ2n) is 11.8. The van der Waals surface area contributed by atoms with Crippen LogP contribution in [-0.4, -0.2) is 14.5 Å². The Labute approximate surface area is 259 Å². The highest BCUT2D eigenvalue weighted by Crippen LogP contribution is 2.47. The Bertz CT molecular complexity index is 2740. The van der Waals surface area contributed by atoms with E-state index in [-0.39, 0.29) is 0 Å². The molecular weight excluding hydrogens is 546 g/mol. The molecule has 0 unspecified atom stereocenters. The van der Waals surface area contributed by atoms with Crippen molar-refractivity contribution >= 4 is 65.0 Å². The molecule has 0 aliphatic rings. The van der Waals surface area contributed by atoms with E-state index in [1.807, 2.05) is 6.07 Å². The molecule has 0 aliphatic carbocycles. The molecule has 45 heavy (non-hydrogen) atoms. The van der Waals surface area contributed by atoms with Crippen LogP contribution >= 0.6 is 0 Å². The Kier molecular flexibility index (Phi) is 5.00. The Hall–Kier alpha value is -6.06. The zero-order valence-electron chi connectivity index (χ0n) is 24.3. The molecule has 0 saturated heterocycles. The van der Waals surface area contributed by atoms with E-state index in [1.54, 1.807) is 0 Å². The molecule has 0 amide bonds. The molecule has 0 bridgehead atoms. The third-order valence-corrected chi connectivity index (χ3v) is 9.33. The fourth-order valence-electron chi connectivity index (χ4n) is 7.38. The lowest BCUT2D eigenvalue weighted by atomic mass is 9.90. The summed E-state index contributed by atoms with van der Waals surface area (Å²) in [7, 11) is 0. The van der Waals surface area contributed by atoms with Crippen LogP contribution in [0.5, 0.6) is 0 Å². The largest absolute Gasteiger partial charge is 0.278 e. The fraction of sp³-hybridized carbons (Fsp3) is 0. The van der Waals surface area contributed by atoms with E-state index in [0.717, 1.165) is 33.2 Å². The first-order valence-corrected chi connectivity index (χ1v) is 15.4. The first-order valence-electron chi connectivity index (χ1n) is 15.4. The van der Waals surface area contributed by atoms with Gasteiger partial charge in [0.2, 0.25) is 5.95 Å². The van der Waals surface area contributed by atoms with Crippen LogP contribution < -0.4 is 0 Å². The second kappa shape index (κ2) is 9.22. The highest BCUT2D eigenvalue weighted by atomic mass is 15.2. The monoisotopic (exact) mass is 571 g/mol. The minimum atomic E-state index is 0.682. The molecule has 0 N–H and O–H groups in total. The zero-order valence-corrected chi connectivity index (χ0v) is 24.3. The third-order valence-electron chi connectivity index (χ3n) is 9.33. The van der Waals surface area contributed by atoms with Crippen LogP contribution in [0, 0.1) is 0 Å².